The maximum atomic E-state index is 12.8. The van der Waals surface area contributed by atoms with Gasteiger partial charge in [-0.2, -0.15) is 21.6 Å². The molecule has 170 valence electrons. The van der Waals surface area contributed by atoms with Gasteiger partial charge in [0, 0.05) is 18.3 Å². The second-order valence-corrected chi connectivity index (χ2v) is 8.83. The normalized spacial score (nSPS) is 12.8. The lowest BCUT2D eigenvalue weighted by atomic mass is 10.1. The molecule has 2 aromatic rings. The van der Waals surface area contributed by atoms with Crippen molar-refractivity contribution in [3.8, 4) is 5.75 Å². The molecule has 6 nitrogen and oxygen atoms in total. The summed E-state index contributed by atoms with van der Waals surface area (Å²) in [4.78, 5) is 14.3. The first-order valence-electron chi connectivity index (χ1n) is 9.71. The molecule has 0 radical (unpaired) electrons. The molecule has 2 rings (SSSR count). The minimum Gasteiger partial charge on any atom is -0.382 e. The molecule has 0 saturated heterocycles. The summed E-state index contributed by atoms with van der Waals surface area (Å²) in [5.41, 5.74) is 0.0761. The summed E-state index contributed by atoms with van der Waals surface area (Å²) in [6.45, 7) is 5.37. The Bertz CT molecular complexity index is 992. The molecule has 0 spiro atoms. The maximum Gasteiger partial charge on any atom is 0.416 e. The summed E-state index contributed by atoms with van der Waals surface area (Å²) in [7, 11) is -3.68. The summed E-state index contributed by atoms with van der Waals surface area (Å²) >= 11 is 0. The van der Waals surface area contributed by atoms with Crippen LogP contribution < -0.4 is 9.50 Å². The fourth-order valence-corrected chi connectivity index (χ4v) is 3.20. The summed E-state index contributed by atoms with van der Waals surface area (Å²) in [5, 5.41) is 2.61. The molecule has 1 unspecified atom stereocenters. The largest absolute Gasteiger partial charge is 0.416 e. The molecule has 31 heavy (non-hydrogen) atoms. The molecule has 10 heteroatoms. The maximum absolute atomic E-state index is 12.8. The van der Waals surface area contributed by atoms with Gasteiger partial charge in [-0.1, -0.05) is 19.1 Å². The highest BCUT2D eigenvalue weighted by Gasteiger charge is 2.30. The molecule has 0 aliphatic carbocycles. The lowest BCUT2D eigenvalue weighted by molar-refractivity contribution is -0.137. The Balaban J connectivity index is 2.17. The van der Waals surface area contributed by atoms with E-state index >= 15 is 0 Å². The number of rotatable bonds is 8. The third kappa shape index (κ3) is 7.16. The molecule has 0 fully saturated rings. The van der Waals surface area contributed by atoms with Crippen molar-refractivity contribution in [1.29, 1.82) is 0 Å². The van der Waals surface area contributed by atoms with Crippen molar-refractivity contribution in [2.75, 3.05) is 11.1 Å². The Kier molecular flexibility index (Phi) is 7.94. The highest BCUT2D eigenvalue weighted by atomic mass is 32.2. The number of anilines is 1. The molecule has 2 amide bonds. The van der Waals surface area contributed by atoms with Crippen molar-refractivity contribution < 1.29 is 30.6 Å². The van der Waals surface area contributed by atoms with Gasteiger partial charge < -0.3 is 14.4 Å². The zero-order valence-corrected chi connectivity index (χ0v) is 18.3. The summed E-state index contributed by atoms with van der Waals surface area (Å²) in [6.07, 6.45) is -3.82. The lowest BCUT2D eigenvalue weighted by Gasteiger charge is -2.29. The fourth-order valence-electron chi connectivity index (χ4n) is 2.68. The second-order valence-electron chi connectivity index (χ2n) is 6.97. The van der Waals surface area contributed by atoms with Crippen molar-refractivity contribution in [3.05, 3.63) is 59.7 Å². The van der Waals surface area contributed by atoms with E-state index in [0.717, 1.165) is 12.1 Å². The van der Waals surface area contributed by atoms with Crippen LogP contribution in [0.15, 0.2) is 48.5 Å². The third-order valence-electron chi connectivity index (χ3n) is 4.68. The van der Waals surface area contributed by atoms with Gasteiger partial charge in [-0.15, -0.1) is 0 Å². The first-order chi connectivity index (χ1) is 14.4. The van der Waals surface area contributed by atoms with Crippen molar-refractivity contribution >= 4 is 21.8 Å². The minimum atomic E-state index is -4.45. The van der Waals surface area contributed by atoms with Crippen LogP contribution in [-0.4, -0.2) is 31.1 Å². The molecular formula is C21H25F3N2O4S. The minimum absolute atomic E-state index is 0.145. The number of alkyl halides is 3. The standard InChI is InChI=1S/C21H25F3N2O4S/c1-4-15(3)26(14-16-7-6-8-19(13-16)30-31(28,29)5-2)20(27)25-18-11-9-17(10-12-18)21(22,23)24/h6-13,15H,4-5,14H2,1-3H3,(H,25,27). The first-order valence-corrected chi connectivity index (χ1v) is 11.3. The Morgan fingerprint density at radius 1 is 1.13 bits per heavy atom. The molecule has 2 aromatic carbocycles. The smallest absolute Gasteiger partial charge is 0.382 e. The van der Waals surface area contributed by atoms with E-state index in [4.69, 9.17) is 4.18 Å². The van der Waals surface area contributed by atoms with Gasteiger partial charge in [0.25, 0.3) is 0 Å². The van der Waals surface area contributed by atoms with E-state index in [-0.39, 0.29) is 29.8 Å². The van der Waals surface area contributed by atoms with E-state index in [1.807, 2.05) is 13.8 Å². The average molecular weight is 459 g/mol. The van der Waals surface area contributed by atoms with Gasteiger partial charge in [0.15, 0.2) is 0 Å². The van der Waals surface area contributed by atoms with Crippen LogP contribution in [0, 0.1) is 0 Å². The van der Waals surface area contributed by atoms with Crippen LogP contribution in [0.1, 0.15) is 38.3 Å². The van der Waals surface area contributed by atoms with Crippen LogP contribution >= 0.6 is 0 Å². The average Bonchev–Trinajstić information content (AvgIpc) is 2.71. The zero-order valence-electron chi connectivity index (χ0n) is 17.4. The number of carbonyl (C=O) groups excluding carboxylic acids is 1. The lowest BCUT2D eigenvalue weighted by Crippen LogP contribution is -2.40. The van der Waals surface area contributed by atoms with Crippen LogP contribution in [0.25, 0.3) is 0 Å². The monoisotopic (exact) mass is 458 g/mol. The molecule has 0 aliphatic heterocycles. The predicted octanol–water partition coefficient (Wildman–Crippen LogP) is 5.27. The van der Waals surface area contributed by atoms with E-state index in [2.05, 4.69) is 5.32 Å². The Hall–Kier alpha value is -2.75. The highest BCUT2D eigenvalue weighted by Crippen LogP contribution is 2.30. The van der Waals surface area contributed by atoms with Crippen LogP contribution in [0.4, 0.5) is 23.7 Å². The molecule has 0 aliphatic rings. The highest BCUT2D eigenvalue weighted by molar-refractivity contribution is 7.87. The van der Waals surface area contributed by atoms with Crippen molar-refractivity contribution in [2.24, 2.45) is 0 Å². The number of hydrogen-bond donors (Lipinski definition) is 1. The molecule has 0 saturated carbocycles. The summed E-state index contributed by atoms with van der Waals surface area (Å²) < 4.78 is 66.5. The molecule has 0 aromatic heterocycles. The topological polar surface area (TPSA) is 75.7 Å². The SMILES string of the molecule is CCC(C)N(Cc1cccc(OS(=O)(=O)CC)c1)C(=O)Nc1ccc(C(F)(F)F)cc1. The van der Waals surface area contributed by atoms with Gasteiger partial charge in [0.1, 0.15) is 5.75 Å². The number of amides is 2. The zero-order chi connectivity index (χ0) is 23.2. The van der Waals surface area contributed by atoms with Crippen molar-refractivity contribution in [2.45, 2.75) is 46.0 Å². The van der Waals surface area contributed by atoms with Gasteiger partial charge in [0.2, 0.25) is 0 Å². The number of nitrogens with zero attached hydrogens (tertiary/aromatic N) is 1. The van der Waals surface area contributed by atoms with Gasteiger partial charge in [0.05, 0.1) is 11.3 Å². The fraction of sp³-hybridized carbons (Fsp3) is 0.381. The van der Waals surface area contributed by atoms with Gasteiger partial charge >= 0.3 is 22.3 Å². The third-order valence-corrected chi connectivity index (χ3v) is 5.83. The molecule has 0 bridgehead atoms. The quantitative estimate of drug-likeness (QED) is 0.547. The molecular weight excluding hydrogens is 433 g/mol. The Morgan fingerprint density at radius 2 is 1.77 bits per heavy atom. The second kappa shape index (κ2) is 10.0. The number of benzene rings is 2. The Labute approximate surface area is 180 Å². The first kappa shape index (κ1) is 24.5. The number of nitrogens with one attached hydrogen (secondary N) is 1. The van der Waals surface area contributed by atoms with Crippen molar-refractivity contribution in [3.63, 3.8) is 0 Å². The predicted molar refractivity (Wildman–Crippen MR) is 112 cm³/mol. The van der Waals surface area contributed by atoms with Gasteiger partial charge in [-0.05, 0) is 62.2 Å². The number of urea groups is 1. The molecule has 0 heterocycles. The molecule has 1 N–H and O–H groups in total. The van der Waals surface area contributed by atoms with Crippen LogP contribution in [0.3, 0.4) is 0 Å². The van der Waals surface area contributed by atoms with Crippen LogP contribution in [0.5, 0.6) is 5.75 Å². The number of hydrogen-bond acceptors (Lipinski definition) is 4. The number of halogens is 3. The van der Waals surface area contributed by atoms with E-state index in [1.165, 1.54) is 36.1 Å². The van der Waals surface area contributed by atoms with Crippen LogP contribution in [-0.2, 0) is 22.8 Å². The molecule has 1 atom stereocenters. The van der Waals surface area contributed by atoms with E-state index in [1.54, 1.807) is 12.1 Å². The summed E-state index contributed by atoms with van der Waals surface area (Å²) in [6, 6.07) is 9.92. The van der Waals surface area contributed by atoms with E-state index in [9.17, 15) is 26.4 Å². The summed E-state index contributed by atoms with van der Waals surface area (Å²) in [5.74, 6) is -0.0298. The number of carbonyl (C=O) groups is 1. The van der Waals surface area contributed by atoms with Gasteiger partial charge in [-0.25, -0.2) is 4.79 Å². The van der Waals surface area contributed by atoms with E-state index < -0.39 is 27.9 Å². The van der Waals surface area contributed by atoms with Crippen LogP contribution in [0.2, 0.25) is 0 Å². The van der Waals surface area contributed by atoms with Gasteiger partial charge in [-0.3, -0.25) is 0 Å². The van der Waals surface area contributed by atoms with E-state index in [0.29, 0.717) is 12.0 Å². The van der Waals surface area contributed by atoms with Crippen molar-refractivity contribution in [1.82, 2.24) is 4.90 Å². The Morgan fingerprint density at radius 3 is 2.32 bits per heavy atom.